The number of benzene rings is 1. The van der Waals surface area contributed by atoms with Gasteiger partial charge in [-0.15, -0.1) is 12.4 Å². The lowest BCUT2D eigenvalue weighted by Gasteiger charge is -2.08. The van der Waals surface area contributed by atoms with Crippen LogP contribution >= 0.6 is 12.4 Å². The minimum Gasteiger partial charge on any atom is -0.462 e. The predicted octanol–water partition coefficient (Wildman–Crippen LogP) is 2.08. The van der Waals surface area contributed by atoms with Crippen LogP contribution in [0.5, 0.6) is 0 Å². The number of ether oxygens (including phenoxy) is 1. The molecule has 112 valence electrons. The van der Waals surface area contributed by atoms with E-state index in [1.807, 2.05) is 13.8 Å². The Morgan fingerprint density at radius 1 is 1.20 bits per heavy atom. The second-order valence-electron chi connectivity index (χ2n) is 4.65. The molecule has 0 radical (unpaired) electrons. The summed E-state index contributed by atoms with van der Waals surface area (Å²) in [6, 6.07) is 6.63. The molecule has 0 fully saturated rings. The van der Waals surface area contributed by atoms with E-state index in [9.17, 15) is 9.59 Å². The van der Waals surface area contributed by atoms with E-state index in [4.69, 9.17) is 4.74 Å². The van der Waals surface area contributed by atoms with E-state index in [1.54, 1.807) is 31.3 Å². The number of rotatable bonds is 6. The zero-order valence-corrected chi connectivity index (χ0v) is 12.8. The lowest BCUT2D eigenvalue weighted by molar-refractivity contribution is -0.115. The molecule has 1 aromatic rings. The Hall–Kier alpha value is -1.59. The van der Waals surface area contributed by atoms with Crippen molar-refractivity contribution in [2.45, 2.75) is 13.8 Å². The van der Waals surface area contributed by atoms with Crippen LogP contribution < -0.4 is 10.6 Å². The Kier molecular flexibility index (Phi) is 8.59. The summed E-state index contributed by atoms with van der Waals surface area (Å²) < 4.78 is 5.11. The second-order valence-corrected chi connectivity index (χ2v) is 4.65. The molecule has 0 atom stereocenters. The maximum absolute atomic E-state index is 11.7. The lowest BCUT2D eigenvalue weighted by Crippen LogP contribution is -2.25. The number of likely N-dealkylation sites (N-methyl/N-ethyl adjacent to an activating group) is 1. The standard InChI is InChI=1S/C14H20N2O3.ClH/c1-10(2)9-19-14(18)11-4-6-12(7-5-11)16-13(17)8-15-3;/h4-7,10,15H,8-9H2,1-3H3,(H,16,17);1H. The number of carbonyl (C=O) groups is 2. The predicted molar refractivity (Wildman–Crippen MR) is 81.4 cm³/mol. The molecule has 2 N–H and O–H groups in total. The van der Waals surface area contributed by atoms with E-state index in [0.29, 0.717) is 23.8 Å². The van der Waals surface area contributed by atoms with Gasteiger partial charge in [-0.25, -0.2) is 4.79 Å². The van der Waals surface area contributed by atoms with Crippen molar-refractivity contribution in [3.8, 4) is 0 Å². The molecular weight excluding hydrogens is 280 g/mol. The highest BCUT2D eigenvalue weighted by atomic mass is 35.5. The average Bonchev–Trinajstić information content (AvgIpc) is 2.37. The molecule has 0 aliphatic carbocycles. The summed E-state index contributed by atoms with van der Waals surface area (Å²) in [6.07, 6.45) is 0. The molecule has 0 aliphatic rings. The van der Waals surface area contributed by atoms with E-state index in [2.05, 4.69) is 10.6 Å². The van der Waals surface area contributed by atoms with Gasteiger partial charge in [0.2, 0.25) is 5.91 Å². The van der Waals surface area contributed by atoms with Crippen LogP contribution in [0.15, 0.2) is 24.3 Å². The van der Waals surface area contributed by atoms with Crippen molar-refractivity contribution in [3.05, 3.63) is 29.8 Å². The van der Waals surface area contributed by atoms with Crippen molar-refractivity contribution in [1.29, 1.82) is 0 Å². The molecule has 6 heteroatoms. The zero-order chi connectivity index (χ0) is 14.3. The smallest absolute Gasteiger partial charge is 0.338 e. The van der Waals surface area contributed by atoms with Crippen LogP contribution in [0.2, 0.25) is 0 Å². The third kappa shape index (κ3) is 6.54. The maximum atomic E-state index is 11.7. The first kappa shape index (κ1) is 18.4. The number of hydrogen-bond acceptors (Lipinski definition) is 4. The number of anilines is 1. The van der Waals surface area contributed by atoms with Crippen LogP contribution in [-0.4, -0.2) is 32.1 Å². The van der Waals surface area contributed by atoms with Crippen molar-refractivity contribution >= 4 is 30.0 Å². The average molecular weight is 301 g/mol. The van der Waals surface area contributed by atoms with Crippen molar-refractivity contribution < 1.29 is 14.3 Å². The molecule has 0 aromatic heterocycles. The van der Waals surface area contributed by atoms with Crippen LogP contribution in [0.25, 0.3) is 0 Å². The van der Waals surface area contributed by atoms with E-state index in [-0.39, 0.29) is 30.8 Å². The van der Waals surface area contributed by atoms with Crippen LogP contribution in [0.4, 0.5) is 5.69 Å². The van der Waals surface area contributed by atoms with Gasteiger partial charge in [0.15, 0.2) is 0 Å². The van der Waals surface area contributed by atoms with Crippen molar-refractivity contribution in [2.75, 3.05) is 25.5 Å². The van der Waals surface area contributed by atoms with Gasteiger partial charge < -0.3 is 15.4 Å². The topological polar surface area (TPSA) is 67.4 Å². The van der Waals surface area contributed by atoms with Crippen molar-refractivity contribution in [3.63, 3.8) is 0 Å². The Morgan fingerprint density at radius 2 is 1.80 bits per heavy atom. The number of esters is 1. The van der Waals surface area contributed by atoms with Gasteiger partial charge in [-0.1, -0.05) is 13.8 Å². The highest BCUT2D eigenvalue weighted by Crippen LogP contribution is 2.11. The number of nitrogens with one attached hydrogen (secondary N) is 2. The van der Waals surface area contributed by atoms with E-state index < -0.39 is 0 Å². The highest BCUT2D eigenvalue weighted by Gasteiger charge is 2.08. The molecule has 5 nitrogen and oxygen atoms in total. The molecule has 1 rings (SSSR count). The van der Waals surface area contributed by atoms with E-state index in [1.165, 1.54) is 0 Å². The molecular formula is C14H21ClN2O3. The molecule has 0 saturated heterocycles. The third-order valence-electron chi connectivity index (χ3n) is 2.29. The molecule has 0 saturated carbocycles. The van der Waals surface area contributed by atoms with Gasteiger partial charge in [-0.2, -0.15) is 0 Å². The molecule has 20 heavy (non-hydrogen) atoms. The first-order valence-electron chi connectivity index (χ1n) is 6.24. The molecule has 0 unspecified atom stereocenters. The lowest BCUT2D eigenvalue weighted by atomic mass is 10.2. The van der Waals surface area contributed by atoms with Crippen LogP contribution in [-0.2, 0) is 9.53 Å². The van der Waals surface area contributed by atoms with Gasteiger partial charge in [0.1, 0.15) is 0 Å². The summed E-state index contributed by atoms with van der Waals surface area (Å²) in [5.74, 6) is -0.163. The van der Waals surface area contributed by atoms with Crippen molar-refractivity contribution in [2.24, 2.45) is 5.92 Å². The number of carbonyl (C=O) groups excluding carboxylic acids is 2. The maximum Gasteiger partial charge on any atom is 0.338 e. The monoisotopic (exact) mass is 300 g/mol. The van der Waals surface area contributed by atoms with Crippen LogP contribution in [0, 0.1) is 5.92 Å². The summed E-state index contributed by atoms with van der Waals surface area (Å²) in [5.41, 5.74) is 1.13. The van der Waals surface area contributed by atoms with Crippen molar-refractivity contribution in [1.82, 2.24) is 5.32 Å². The molecule has 0 bridgehead atoms. The molecule has 0 aliphatic heterocycles. The normalized spacial score (nSPS) is 9.80. The Bertz CT molecular complexity index is 433. The fourth-order valence-electron chi connectivity index (χ4n) is 1.38. The van der Waals surface area contributed by atoms with Gasteiger partial charge >= 0.3 is 5.97 Å². The Labute approximate surface area is 125 Å². The largest absolute Gasteiger partial charge is 0.462 e. The number of hydrogen-bond donors (Lipinski definition) is 2. The zero-order valence-electron chi connectivity index (χ0n) is 11.9. The van der Waals surface area contributed by atoms with Gasteiger partial charge in [-0.05, 0) is 37.2 Å². The minimum absolute atomic E-state index is 0. The molecule has 1 aromatic carbocycles. The fraction of sp³-hybridized carbons (Fsp3) is 0.429. The summed E-state index contributed by atoms with van der Waals surface area (Å²) in [6.45, 7) is 4.61. The quantitative estimate of drug-likeness (QED) is 0.789. The van der Waals surface area contributed by atoms with E-state index >= 15 is 0 Å². The van der Waals surface area contributed by atoms with Gasteiger partial charge in [-0.3, -0.25) is 4.79 Å². The van der Waals surface area contributed by atoms with E-state index in [0.717, 1.165) is 0 Å². The second kappa shape index (κ2) is 9.34. The fourth-order valence-corrected chi connectivity index (χ4v) is 1.38. The summed E-state index contributed by atoms with van der Waals surface area (Å²) in [5, 5.41) is 5.46. The van der Waals surface area contributed by atoms with Gasteiger partial charge in [0.25, 0.3) is 0 Å². The highest BCUT2D eigenvalue weighted by molar-refractivity contribution is 5.93. The molecule has 0 spiro atoms. The number of halogens is 1. The van der Waals surface area contributed by atoms with Crippen LogP contribution in [0.1, 0.15) is 24.2 Å². The first-order chi connectivity index (χ1) is 9.02. The van der Waals surface area contributed by atoms with Crippen LogP contribution in [0.3, 0.4) is 0 Å². The van der Waals surface area contributed by atoms with Gasteiger partial charge in [0, 0.05) is 5.69 Å². The summed E-state index contributed by atoms with van der Waals surface area (Å²) >= 11 is 0. The summed E-state index contributed by atoms with van der Waals surface area (Å²) in [4.78, 5) is 23.0. The Morgan fingerprint density at radius 3 is 2.30 bits per heavy atom. The molecule has 1 amide bonds. The minimum atomic E-state index is -0.346. The Balaban J connectivity index is 0.00000361. The summed E-state index contributed by atoms with van der Waals surface area (Å²) in [7, 11) is 1.70. The SMILES string of the molecule is CNCC(=O)Nc1ccc(C(=O)OCC(C)C)cc1.Cl. The third-order valence-corrected chi connectivity index (χ3v) is 2.29. The number of amides is 1. The molecule has 0 heterocycles. The first-order valence-corrected chi connectivity index (χ1v) is 6.24. The van der Waals surface area contributed by atoms with Gasteiger partial charge in [0.05, 0.1) is 18.7 Å².